The van der Waals surface area contributed by atoms with E-state index in [4.69, 9.17) is 0 Å². The van der Waals surface area contributed by atoms with E-state index in [0.29, 0.717) is 0 Å². The number of guanidine groups is 1. The van der Waals surface area contributed by atoms with Crippen molar-refractivity contribution in [1.82, 2.24) is 10.6 Å². The van der Waals surface area contributed by atoms with Gasteiger partial charge in [0.05, 0.1) is 6.54 Å². The smallest absolute Gasteiger partial charge is 0.191 e. The number of aliphatic imine (C=N–C) groups is 1. The van der Waals surface area contributed by atoms with E-state index in [1.54, 1.807) is 18.4 Å². The minimum Gasteiger partial charge on any atom is -0.352 e. The molecule has 0 saturated heterocycles. The summed E-state index contributed by atoms with van der Waals surface area (Å²) in [5.41, 5.74) is 1.29. The molecule has 2 aromatic heterocycles. The average Bonchev–Trinajstić information content (AvgIpc) is 3.01. The van der Waals surface area contributed by atoms with Crippen LogP contribution in [0.5, 0.6) is 0 Å². The zero-order valence-corrected chi connectivity index (χ0v) is 14.9. The Morgan fingerprint density at radius 3 is 2.58 bits per heavy atom. The van der Waals surface area contributed by atoms with Crippen LogP contribution in [0, 0.1) is 6.92 Å². The SMILES string of the molecule is CN=C(NCc1ccsc1)NCc1ccc(C)s1.I. The van der Waals surface area contributed by atoms with E-state index in [0.717, 1.165) is 19.0 Å². The van der Waals surface area contributed by atoms with E-state index in [-0.39, 0.29) is 24.0 Å². The largest absolute Gasteiger partial charge is 0.352 e. The van der Waals surface area contributed by atoms with Crippen LogP contribution in [0.2, 0.25) is 0 Å². The van der Waals surface area contributed by atoms with Crippen LogP contribution >= 0.6 is 46.7 Å². The molecule has 0 aliphatic carbocycles. The van der Waals surface area contributed by atoms with Crippen molar-refractivity contribution < 1.29 is 0 Å². The molecule has 0 saturated carbocycles. The molecule has 3 nitrogen and oxygen atoms in total. The number of aryl methyl sites for hydroxylation is 1. The van der Waals surface area contributed by atoms with Gasteiger partial charge in [-0.3, -0.25) is 4.99 Å². The number of hydrogen-bond donors (Lipinski definition) is 2. The molecule has 0 amide bonds. The molecule has 0 unspecified atom stereocenters. The highest BCUT2D eigenvalue weighted by molar-refractivity contribution is 14.0. The molecule has 2 N–H and O–H groups in total. The molecule has 0 radical (unpaired) electrons. The Morgan fingerprint density at radius 1 is 1.21 bits per heavy atom. The third kappa shape index (κ3) is 5.50. The van der Waals surface area contributed by atoms with Gasteiger partial charge in [0.25, 0.3) is 0 Å². The molecule has 0 atom stereocenters. The van der Waals surface area contributed by atoms with Crippen LogP contribution < -0.4 is 10.6 Å². The summed E-state index contributed by atoms with van der Waals surface area (Å²) in [4.78, 5) is 6.88. The number of nitrogens with zero attached hydrogens (tertiary/aromatic N) is 1. The lowest BCUT2D eigenvalue weighted by Crippen LogP contribution is -2.36. The first-order chi connectivity index (χ1) is 8.78. The number of nitrogens with one attached hydrogen (secondary N) is 2. The fourth-order valence-electron chi connectivity index (χ4n) is 1.55. The van der Waals surface area contributed by atoms with Crippen molar-refractivity contribution in [1.29, 1.82) is 0 Å². The molecule has 2 aromatic rings. The van der Waals surface area contributed by atoms with Gasteiger partial charge < -0.3 is 10.6 Å². The summed E-state index contributed by atoms with van der Waals surface area (Å²) in [6, 6.07) is 6.41. The Hall–Kier alpha value is -0.600. The average molecular weight is 407 g/mol. The second kappa shape index (κ2) is 8.55. The van der Waals surface area contributed by atoms with Gasteiger partial charge in [-0.05, 0) is 41.4 Å². The van der Waals surface area contributed by atoms with Crippen LogP contribution in [-0.2, 0) is 13.1 Å². The lowest BCUT2D eigenvalue weighted by molar-refractivity contribution is 0.817. The van der Waals surface area contributed by atoms with E-state index < -0.39 is 0 Å². The lowest BCUT2D eigenvalue weighted by Gasteiger charge is -2.10. The van der Waals surface area contributed by atoms with Gasteiger partial charge >= 0.3 is 0 Å². The molecule has 0 aliphatic rings. The van der Waals surface area contributed by atoms with Crippen LogP contribution in [0.1, 0.15) is 15.3 Å². The molecule has 19 heavy (non-hydrogen) atoms. The zero-order valence-electron chi connectivity index (χ0n) is 11.0. The Balaban J connectivity index is 0.00000180. The van der Waals surface area contributed by atoms with E-state index >= 15 is 0 Å². The Labute approximate surface area is 139 Å². The van der Waals surface area contributed by atoms with Crippen LogP contribution in [-0.4, -0.2) is 13.0 Å². The van der Waals surface area contributed by atoms with Gasteiger partial charge in [0, 0.05) is 23.3 Å². The van der Waals surface area contributed by atoms with Crippen molar-refractivity contribution >= 4 is 52.6 Å². The Kier molecular flexibility index (Phi) is 7.40. The summed E-state index contributed by atoms with van der Waals surface area (Å²) in [7, 11) is 1.79. The number of rotatable bonds is 4. The van der Waals surface area contributed by atoms with Crippen molar-refractivity contribution in [3.05, 3.63) is 44.3 Å². The van der Waals surface area contributed by atoms with Gasteiger partial charge in [-0.15, -0.1) is 35.3 Å². The quantitative estimate of drug-likeness (QED) is 0.462. The standard InChI is InChI=1S/C13H17N3S2.HI/c1-10-3-4-12(18-10)8-16-13(14-2)15-7-11-5-6-17-9-11;/h3-6,9H,7-8H2,1-2H3,(H2,14,15,16);1H. The monoisotopic (exact) mass is 407 g/mol. The van der Waals surface area contributed by atoms with Gasteiger partial charge in [-0.2, -0.15) is 11.3 Å². The first-order valence-electron chi connectivity index (χ1n) is 5.79. The maximum absolute atomic E-state index is 4.21. The van der Waals surface area contributed by atoms with E-state index in [1.807, 2.05) is 11.3 Å². The van der Waals surface area contributed by atoms with Crippen LogP contribution in [0.4, 0.5) is 0 Å². The van der Waals surface area contributed by atoms with Gasteiger partial charge in [0.1, 0.15) is 0 Å². The fourth-order valence-corrected chi connectivity index (χ4v) is 3.05. The van der Waals surface area contributed by atoms with E-state index in [9.17, 15) is 0 Å². The van der Waals surface area contributed by atoms with Crippen LogP contribution in [0.3, 0.4) is 0 Å². The first-order valence-corrected chi connectivity index (χ1v) is 7.55. The van der Waals surface area contributed by atoms with Gasteiger partial charge in [-0.1, -0.05) is 0 Å². The van der Waals surface area contributed by atoms with Crippen molar-refractivity contribution in [2.45, 2.75) is 20.0 Å². The second-order valence-electron chi connectivity index (χ2n) is 3.92. The number of thiophene rings is 2. The summed E-state index contributed by atoms with van der Waals surface area (Å²) >= 11 is 3.53. The summed E-state index contributed by atoms with van der Waals surface area (Å²) in [5, 5.41) is 10.8. The molecular weight excluding hydrogens is 389 g/mol. The topological polar surface area (TPSA) is 36.4 Å². The molecule has 0 spiro atoms. The van der Waals surface area contributed by atoms with Crippen molar-refractivity contribution in [3.63, 3.8) is 0 Å². The second-order valence-corrected chi connectivity index (χ2v) is 6.08. The van der Waals surface area contributed by atoms with E-state index in [2.05, 4.69) is 51.5 Å². The summed E-state index contributed by atoms with van der Waals surface area (Å²) < 4.78 is 0. The predicted molar refractivity (Wildman–Crippen MR) is 95.8 cm³/mol. The van der Waals surface area contributed by atoms with Gasteiger partial charge in [0.2, 0.25) is 0 Å². The molecule has 2 heterocycles. The molecule has 0 aromatic carbocycles. The summed E-state index contributed by atoms with van der Waals surface area (Å²) in [6.07, 6.45) is 0. The van der Waals surface area contributed by atoms with Gasteiger partial charge in [0.15, 0.2) is 5.96 Å². The molecule has 104 valence electrons. The van der Waals surface area contributed by atoms with Crippen molar-refractivity contribution in [2.24, 2.45) is 4.99 Å². The highest BCUT2D eigenvalue weighted by Crippen LogP contribution is 2.14. The molecule has 0 aliphatic heterocycles. The zero-order chi connectivity index (χ0) is 12.8. The number of halogens is 1. The number of hydrogen-bond acceptors (Lipinski definition) is 3. The third-order valence-corrected chi connectivity index (χ3v) is 4.22. The van der Waals surface area contributed by atoms with Gasteiger partial charge in [-0.25, -0.2) is 0 Å². The lowest BCUT2D eigenvalue weighted by atomic mass is 10.3. The van der Waals surface area contributed by atoms with Crippen molar-refractivity contribution in [3.8, 4) is 0 Å². The summed E-state index contributed by atoms with van der Waals surface area (Å²) in [6.45, 7) is 3.76. The Bertz CT molecular complexity index is 506. The maximum atomic E-state index is 4.21. The molecular formula is C13H18IN3S2. The minimum atomic E-state index is 0. The maximum Gasteiger partial charge on any atom is 0.191 e. The fraction of sp³-hybridized carbons (Fsp3) is 0.308. The van der Waals surface area contributed by atoms with Crippen LogP contribution in [0.25, 0.3) is 0 Å². The normalized spacial score (nSPS) is 10.9. The third-order valence-electron chi connectivity index (χ3n) is 2.49. The molecule has 0 bridgehead atoms. The molecule has 2 rings (SSSR count). The predicted octanol–water partition coefficient (Wildman–Crippen LogP) is 3.60. The summed E-state index contributed by atoms with van der Waals surface area (Å²) in [5.74, 6) is 0.840. The van der Waals surface area contributed by atoms with Crippen molar-refractivity contribution in [2.75, 3.05) is 7.05 Å². The highest BCUT2D eigenvalue weighted by Gasteiger charge is 2.00. The van der Waals surface area contributed by atoms with E-state index in [1.165, 1.54) is 15.3 Å². The highest BCUT2D eigenvalue weighted by atomic mass is 127. The van der Waals surface area contributed by atoms with Crippen LogP contribution in [0.15, 0.2) is 34.0 Å². The Morgan fingerprint density at radius 2 is 2.00 bits per heavy atom. The molecule has 0 fully saturated rings. The molecule has 6 heteroatoms. The minimum absolute atomic E-state index is 0. The first kappa shape index (κ1) is 16.5.